The Morgan fingerprint density at radius 2 is 1.69 bits per heavy atom. The van der Waals surface area contributed by atoms with Crippen molar-refractivity contribution in [1.29, 1.82) is 0 Å². The molecule has 4 rings (SSSR count). The van der Waals surface area contributed by atoms with Crippen molar-refractivity contribution in [3.63, 3.8) is 0 Å². The molecule has 204 valence electrons. The van der Waals surface area contributed by atoms with Crippen molar-refractivity contribution in [2.45, 2.75) is 57.5 Å². The second-order valence-corrected chi connectivity index (χ2v) is 12.1. The van der Waals surface area contributed by atoms with Crippen LogP contribution in [0.1, 0.15) is 47.8 Å². The summed E-state index contributed by atoms with van der Waals surface area (Å²) in [6.45, 7) is 8.25. The maximum absolute atomic E-state index is 14.0. The van der Waals surface area contributed by atoms with E-state index >= 15 is 0 Å². The molecule has 0 saturated carbocycles. The van der Waals surface area contributed by atoms with Gasteiger partial charge >= 0.3 is 0 Å². The number of nitrogens with one attached hydrogen (secondary N) is 2. The molecule has 0 spiro atoms. The number of aromatic nitrogens is 1. The Kier molecular flexibility index (Phi) is 9.07. The Bertz CT molecular complexity index is 1300. The van der Waals surface area contributed by atoms with Crippen LogP contribution in [0.25, 0.3) is 0 Å². The highest BCUT2D eigenvalue weighted by Crippen LogP contribution is 2.40. The molecule has 0 radical (unpaired) electrons. The molecule has 2 N–H and O–H groups in total. The molecule has 3 atom stereocenters. The average molecular weight is 545 g/mol. The van der Waals surface area contributed by atoms with Gasteiger partial charge < -0.3 is 15.5 Å². The van der Waals surface area contributed by atoms with Crippen molar-refractivity contribution < 1.29 is 14.4 Å². The molecule has 2 aromatic carbocycles. The average Bonchev–Trinajstić information content (AvgIpc) is 3.27. The number of carbonyl (C=O) groups is 3. The summed E-state index contributed by atoms with van der Waals surface area (Å²) in [5.74, 6) is -0.734. The molecule has 8 heteroatoms. The van der Waals surface area contributed by atoms with E-state index in [0.717, 1.165) is 16.7 Å². The zero-order valence-corrected chi connectivity index (χ0v) is 23.7. The van der Waals surface area contributed by atoms with Crippen molar-refractivity contribution in [3.8, 4) is 0 Å². The molecule has 3 amide bonds. The van der Waals surface area contributed by atoms with Crippen LogP contribution in [0.4, 0.5) is 0 Å². The van der Waals surface area contributed by atoms with Crippen molar-refractivity contribution in [2.75, 3.05) is 5.88 Å². The first-order valence-electron chi connectivity index (χ1n) is 13.2. The van der Waals surface area contributed by atoms with Gasteiger partial charge in [-0.3, -0.25) is 19.4 Å². The topological polar surface area (TPSA) is 91.4 Å². The summed E-state index contributed by atoms with van der Waals surface area (Å²) in [5.41, 5.74) is 3.64. The van der Waals surface area contributed by atoms with E-state index in [1.54, 1.807) is 41.2 Å². The second-order valence-electron chi connectivity index (χ2n) is 10.5. The molecule has 7 nitrogen and oxygen atoms in total. The molecular weight excluding hydrogens is 508 g/mol. The van der Waals surface area contributed by atoms with Gasteiger partial charge in [0.1, 0.15) is 6.04 Å². The Morgan fingerprint density at radius 3 is 2.38 bits per heavy atom. The minimum Gasteiger partial charge on any atom is -0.350 e. The van der Waals surface area contributed by atoms with Gasteiger partial charge in [0.15, 0.2) is 0 Å². The number of nitrogens with zero attached hydrogens (tertiary/aromatic N) is 2. The Hall–Kier alpha value is -3.65. The lowest BCUT2D eigenvalue weighted by Gasteiger charge is -2.34. The van der Waals surface area contributed by atoms with Gasteiger partial charge in [0.05, 0.1) is 11.8 Å². The predicted octanol–water partition coefficient (Wildman–Crippen LogP) is 4.36. The Balaban J connectivity index is 1.53. The van der Waals surface area contributed by atoms with Crippen LogP contribution in [0, 0.1) is 12.8 Å². The van der Waals surface area contributed by atoms with Crippen LogP contribution in [0.15, 0.2) is 79.1 Å². The summed E-state index contributed by atoms with van der Waals surface area (Å²) in [5, 5.41) is 6.14. The van der Waals surface area contributed by atoms with E-state index in [9.17, 15) is 14.4 Å². The molecule has 2 heterocycles. The first-order valence-corrected chi connectivity index (χ1v) is 14.2. The van der Waals surface area contributed by atoms with Gasteiger partial charge in [0.25, 0.3) is 5.91 Å². The van der Waals surface area contributed by atoms with Gasteiger partial charge in [0.2, 0.25) is 11.8 Å². The molecule has 1 aromatic heterocycles. The number of carbonyl (C=O) groups excluding carboxylic acids is 3. The van der Waals surface area contributed by atoms with Crippen molar-refractivity contribution >= 4 is 29.5 Å². The summed E-state index contributed by atoms with van der Waals surface area (Å²) < 4.78 is -0.458. The lowest BCUT2D eigenvalue weighted by molar-refractivity contribution is -0.142. The molecule has 0 unspecified atom stereocenters. The normalized spacial score (nSPS) is 17.7. The highest BCUT2D eigenvalue weighted by Gasteiger charge is 2.49. The summed E-state index contributed by atoms with van der Waals surface area (Å²) in [6.07, 6.45) is 3.62. The summed E-state index contributed by atoms with van der Waals surface area (Å²) in [4.78, 5) is 46.3. The van der Waals surface area contributed by atoms with Crippen LogP contribution in [-0.2, 0) is 22.6 Å². The lowest BCUT2D eigenvalue weighted by atomic mass is 9.91. The van der Waals surface area contributed by atoms with Gasteiger partial charge in [-0.2, -0.15) is 0 Å². The van der Waals surface area contributed by atoms with Gasteiger partial charge in [-0.25, -0.2) is 0 Å². The van der Waals surface area contributed by atoms with Crippen LogP contribution in [0.3, 0.4) is 0 Å². The zero-order valence-electron chi connectivity index (χ0n) is 22.9. The molecule has 1 saturated heterocycles. The number of aryl methyl sites for hydroxylation is 1. The Morgan fingerprint density at radius 1 is 1.03 bits per heavy atom. The standard InChI is InChI=1S/C31H36N4O3S/c1-21-10-8-9-13-25(21)19-33-29(37)27-31(3,4)39-20-35(27)30(38)22(2)26(18-23-11-6-5-7-12-23)34-28(36)24-14-16-32-17-15-24/h5-17,22,26-27H,18-20H2,1-4H3,(H,33,37)(H,34,36)/t22-,26-,27+/m0/s1. The number of hydrogen-bond donors (Lipinski definition) is 2. The number of hydrogen-bond acceptors (Lipinski definition) is 5. The van der Waals surface area contributed by atoms with Crippen LogP contribution in [-0.4, -0.2) is 50.3 Å². The minimum absolute atomic E-state index is 0.153. The monoisotopic (exact) mass is 544 g/mol. The van der Waals surface area contributed by atoms with Gasteiger partial charge in [-0.15, -0.1) is 11.8 Å². The van der Waals surface area contributed by atoms with E-state index in [2.05, 4.69) is 15.6 Å². The highest BCUT2D eigenvalue weighted by atomic mass is 32.2. The number of pyridine rings is 1. The SMILES string of the molecule is Cc1ccccc1CNC(=O)[C@H]1N(C(=O)[C@@H](C)[C@H](Cc2ccccc2)NC(=O)c2ccncc2)CSC1(C)C. The van der Waals surface area contributed by atoms with E-state index in [-0.39, 0.29) is 17.7 Å². The number of benzene rings is 2. The number of amides is 3. The van der Waals surface area contributed by atoms with E-state index in [1.165, 1.54) is 0 Å². The third-order valence-electron chi connectivity index (χ3n) is 7.34. The van der Waals surface area contributed by atoms with Gasteiger partial charge in [0, 0.05) is 35.3 Å². The smallest absolute Gasteiger partial charge is 0.251 e. The maximum Gasteiger partial charge on any atom is 0.251 e. The van der Waals surface area contributed by atoms with Gasteiger partial charge in [-0.1, -0.05) is 61.5 Å². The second kappa shape index (κ2) is 12.5. The molecule has 1 aliphatic heterocycles. The molecule has 1 aliphatic rings. The first-order chi connectivity index (χ1) is 18.7. The van der Waals surface area contributed by atoms with E-state index in [1.807, 2.05) is 82.3 Å². The molecule has 0 bridgehead atoms. The van der Waals surface area contributed by atoms with Crippen molar-refractivity contribution in [2.24, 2.45) is 5.92 Å². The molecule has 39 heavy (non-hydrogen) atoms. The number of thioether (sulfide) groups is 1. The molecule has 1 fully saturated rings. The first kappa shape index (κ1) is 28.4. The van der Waals surface area contributed by atoms with Crippen LogP contribution in [0.5, 0.6) is 0 Å². The van der Waals surface area contributed by atoms with Crippen molar-refractivity contribution in [1.82, 2.24) is 20.5 Å². The fraction of sp³-hybridized carbons (Fsp3) is 0.355. The summed E-state index contributed by atoms with van der Waals surface area (Å²) in [7, 11) is 0. The van der Waals surface area contributed by atoms with Crippen LogP contribution < -0.4 is 10.6 Å². The van der Waals surface area contributed by atoms with Crippen LogP contribution >= 0.6 is 11.8 Å². The highest BCUT2D eigenvalue weighted by molar-refractivity contribution is 8.00. The third-order valence-corrected chi connectivity index (χ3v) is 8.72. The van der Waals surface area contributed by atoms with E-state index in [4.69, 9.17) is 0 Å². The fourth-order valence-electron chi connectivity index (χ4n) is 4.91. The molecule has 3 aromatic rings. The minimum atomic E-state index is -0.630. The van der Waals surface area contributed by atoms with Crippen molar-refractivity contribution in [3.05, 3.63) is 101 Å². The predicted molar refractivity (Wildman–Crippen MR) is 155 cm³/mol. The summed E-state index contributed by atoms with van der Waals surface area (Å²) >= 11 is 1.59. The quantitative estimate of drug-likeness (QED) is 0.418. The Labute approximate surface area is 234 Å². The third kappa shape index (κ3) is 6.87. The maximum atomic E-state index is 14.0. The van der Waals surface area contributed by atoms with E-state index < -0.39 is 22.7 Å². The van der Waals surface area contributed by atoms with Crippen LogP contribution in [0.2, 0.25) is 0 Å². The number of rotatable bonds is 9. The largest absolute Gasteiger partial charge is 0.350 e. The van der Waals surface area contributed by atoms with E-state index in [0.29, 0.717) is 24.4 Å². The lowest BCUT2D eigenvalue weighted by Crippen LogP contribution is -2.56. The fourth-order valence-corrected chi connectivity index (χ4v) is 6.05. The zero-order chi connectivity index (χ0) is 28.0. The summed E-state index contributed by atoms with van der Waals surface area (Å²) in [6, 6.07) is 19.9. The molecular formula is C31H36N4O3S. The van der Waals surface area contributed by atoms with Gasteiger partial charge in [-0.05, 0) is 56.0 Å². The molecule has 0 aliphatic carbocycles.